The topological polar surface area (TPSA) is 121 Å². The molecule has 0 aliphatic heterocycles. The van der Waals surface area contributed by atoms with E-state index in [4.69, 9.17) is 0 Å². The van der Waals surface area contributed by atoms with Gasteiger partial charge in [0.05, 0.1) is 29.8 Å². The zero-order valence-electron chi connectivity index (χ0n) is 17.6. The van der Waals surface area contributed by atoms with E-state index in [1.54, 1.807) is 26.0 Å². The molecule has 0 spiro atoms. The number of ether oxygens (including phenoxy) is 2. The molecule has 0 amide bonds. The maximum atomic E-state index is 13.4. The van der Waals surface area contributed by atoms with Crippen LogP contribution in [0.1, 0.15) is 11.1 Å². The van der Waals surface area contributed by atoms with Gasteiger partial charge in [0.2, 0.25) is 0 Å². The molecule has 2 rings (SSSR count). The first kappa shape index (κ1) is 24.5. The Labute approximate surface area is 182 Å². The molecular formula is C21H24O8S2. The molecule has 1 atom stereocenters. The Kier molecular flexibility index (Phi) is 7.61. The molecule has 0 bridgehead atoms. The molecule has 0 aliphatic rings. The molecule has 168 valence electrons. The van der Waals surface area contributed by atoms with E-state index in [1.807, 2.05) is 0 Å². The average Bonchev–Trinajstić information content (AvgIpc) is 2.73. The minimum Gasteiger partial charge on any atom is -0.468 e. The summed E-state index contributed by atoms with van der Waals surface area (Å²) in [5, 5.41) is -1.96. The number of methoxy groups -OCH3 is 2. The summed E-state index contributed by atoms with van der Waals surface area (Å²) < 4.78 is 62.1. The van der Waals surface area contributed by atoms with Gasteiger partial charge in [-0.3, -0.25) is 9.59 Å². The van der Waals surface area contributed by atoms with Gasteiger partial charge >= 0.3 is 11.9 Å². The Morgan fingerprint density at radius 2 is 1.13 bits per heavy atom. The monoisotopic (exact) mass is 468 g/mol. The number of hydrogen-bond donors (Lipinski definition) is 0. The highest BCUT2D eigenvalue weighted by Gasteiger charge is 2.47. The van der Waals surface area contributed by atoms with E-state index in [1.165, 1.54) is 36.4 Å². The molecule has 31 heavy (non-hydrogen) atoms. The molecule has 2 aromatic carbocycles. The van der Waals surface area contributed by atoms with Crippen LogP contribution >= 0.6 is 0 Å². The Morgan fingerprint density at radius 3 is 1.52 bits per heavy atom. The summed E-state index contributed by atoms with van der Waals surface area (Å²) in [5.41, 5.74) is 1.59. The number of esters is 2. The van der Waals surface area contributed by atoms with Crippen LogP contribution in [-0.4, -0.2) is 54.0 Å². The molecule has 0 aliphatic carbocycles. The van der Waals surface area contributed by atoms with E-state index < -0.39 is 48.5 Å². The second-order valence-corrected chi connectivity index (χ2v) is 11.2. The Bertz CT molecular complexity index is 1130. The summed E-state index contributed by atoms with van der Waals surface area (Å²) in [5.74, 6) is -5.40. The Hall–Kier alpha value is -2.72. The molecule has 0 fully saturated rings. The van der Waals surface area contributed by atoms with Crippen LogP contribution in [0, 0.1) is 19.8 Å². The van der Waals surface area contributed by atoms with Crippen molar-refractivity contribution in [3.8, 4) is 0 Å². The number of rotatable bonds is 8. The van der Waals surface area contributed by atoms with Crippen LogP contribution in [0.5, 0.6) is 0 Å². The molecule has 2 aromatic rings. The fraction of sp³-hybridized carbons (Fsp3) is 0.333. The second-order valence-electron chi connectivity index (χ2n) is 7.01. The third-order valence-corrected chi connectivity index (χ3v) is 8.96. The quantitative estimate of drug-likeness (QED) is 0.425. The molecule has 1 unspecified atom stereocenters. The summed E-state index contributed by atoms with van der Waals surface area (Å²) in [6.45, 7) is 3.52. The van der Waals surface area contributed by atoms with Crippen molar-refractivity contribution in [1.29, 1.82) is 0 Å². The van der Waals surface area contributed by atoms with E-state index in [2.05, 4.69) is 9.47 Å². The van der Waals surface area contributed by atoms with Crippen LogP contribution in [0.3, 0.4) is 0 Å². The predicted octanol–water partition coefficient (Wildman–Crippen LogP) is 1.88. The third-order valence-electron chi connectivity index (χ3n) is 4.79. The summed E-state index contributed by atoms with van der Waals surface area (Å²) in [7, 11) is -6.71. The number of aryl methyl sites for hydroxylation is 2. The predicted molar refractivity (Wildman–Crippen MR) is 113 cm³/mol. The van der Waals surface area contributed by atoms with Crippen LogP contribution in [0.2, 0.25) is 0 Å². The summed E-state index contributed by atoms with van der Waals surface area (Å²) in [4.78, 5) is 24.4. The number of hydrogen-bond acceptors (Lipinski definition) is 8. The lowest BCUT2D eigenvalue weighted by Crippen LogP contribution is -2.45. The number of carbonyl (C=O) groups excluding carboxylic acids is 2. The van der Waals surface area contributed by atoms with Crippen LogP contribution < -0.4 is 0 Å². The molecule has 0 radical (unpaired) electrons. The van der Waals surface area contributed by atoms with E-state index in [0.29, 0.717) is 0 Å². The largest absolute Gasteiger partial charge is 0.468 e. The van der Waals surface area contributed by atoms with Gasteiger partial charge in [0.25, 0.3) is 0 Å². The molecule has 0 heterocycles. The SMILES string of the molecule is COC(=O)C(C(=O)OC)C(CS(=O)(=O)c1ccc(C)cc1)S(=O)(=O)c1ccc(C)cc1. The standard InChI is InChI=1S/C21H24O8S2/c1-14-5-9-16(10-6-14)30(24,25)13-18(19(20(22)28-3)21(23)29-4)31(26,27)17-11-7-15(2)8-12-17/h5-12,18-19H,13H2,1-4H3. The number of carbonyl (C=O) groups is 2. The van der Waals surface area contributed by atoms with Crippen molar-refractivity contribution in [2.45, 2.75) is 28.9 Å². The maximum Gasteiger partial charge on any atom is 0.321 e. The lowest BCUT2D eigenvalue weighted by atomic mass is 10.1. The first-order chi connectivity index (χ1) is 14.4. The van der Waals surface area contributed by atoms with Crippen molar-refractivity contribution in [3.63, 3.8) is 0 Å². The van der Waals surface area contributed by atoms with Gasteiger partial charge in [-0.25, -0.2) is 16.8 Å². The molecule has 10 heteroatoms. The summed E-state index contributed by atoms with van der Waals surface area (Å²) in [6, 6.07) is 11.5. The molecular weight excluding hydrogens is 444 g/mol. The van der Waals surface area contributed by atoms with Crippen LogP contribution in [0.15, 0.2) is 58.3 Å². The molecule has 0 aromatic heterocycles. The summed E-state index contributed by atoms with van der Waals surface area (Å²) in [6.07, 6.45) is 0. The lowest BCUT2D eigenvalue weighted by Gasteiger charge is -2.23. The zero-order valence-corrected chi connectivity index (χ0v) is 19.2. The fourth-order valence-electron chi connectivity index (χ4n) is 2.98. The highest BCUT2D eigenvalue weighted by molar-refractivity contribution is 7.95. The van der Waals surface area contributed by atoms with E-state index in [9.17, 15) is 26.4 Å². The zero-order chi connectivity index (χ0) is 23.4. The van der Waals surface area contributed by atoms with Gasteiger partial charge < -0.3 is 9.47 Å². The van der Waals surface area contributed by atoms with Gasteiger partial charge in [0.15, 0.2) is 25.6 Å². The van der Waals surface area contributed by atoms with Crippen molar-refractivity contribution in [1.82, 2.24) is 0 Å². The highest BCUT2D eigenvalue weighted by atomic mass is 32.2. The molecule has 8 nitrogen and oxygen atoms in total. The third kappa shape index (κ3) is 5.50. The average molecular weight is 469 g/mol. The molecule has 0 saturated heterocycles. The van der Waals surface area contributed by atoms with Gasteiger partial charge in [0.1, 0.15) is 5.25 Å². The van der Waals surface area contributed by atoms with Gasteiger partial charge in [-0.15, -0.1) is 0 Å². The van der Waals surface area contributed by atoms with Crippen LogP contribution in [-0.2, 0) is 38.7 Å². The van der Waals surface area contributed by atoms with E-state index in [0.717, 1.165) is 25.3 Å². The first-order valence-corrected chi connectivity index (χ1v) is 12.4. The normalized spacial score (nSPS) is 12.9. The molecule has 0 N–H and O–H groups in total. The van der Waals surface area contributed by atoms with Gasteiger partial charge in [-0.05, 0) is 38.1 Å². The first-order valence-electron chi connectivity index (χ1n) is 9.19. The van der Waals surface area contributed by atoms with Crippen molar-refractivity contribution < 1.29 is 35.9 Å². The molecule has 0 saturated carbocycles. The van der Waals surface area contributed by atoms with E-state index >= 15 is 0 Å². The van der Waals surface area contributed by atoms with Gasteiger partial charge in [-0.1, -0.05) is 35.4 Å². The number of sulfone groups is 2. The van der Waals surface area contributed by atoms with Crippen molar-refractivity contribution >= 4 is 31.6 Å². The maximum absolute atomic E-state index is 13.4. The Balaban J connectivity index is 2.66. The van der Waals surface area contributed by atoms with Gasteiger partial charge in [-0.2, -0.15) is 0 Å². The van der Waals surface area contributed by atoms with Crippen molar-refractivity contribution in [3.05, 3.63) is 59.7 Å². The van der Waals surface area contributed by atoms with E-state index in [-0.39, 0.29) is 9.79 Å². The lowest BCUT2D eigenvalue weighted by molar-refractivity contribution is -0.158. The van der Waals surface area contributed by atoms with Crippen LogP contribution in [0.4, 0.5) is 0 Å². The summed E-state index contributed by atoms with van der Waals surface area (Å²) >= 11 is 0. The smallest absolute Gasteiger partial charge is 0.321 e. The minimum atomic E-state index is -4.46. The van der Waals surface area contributed by atoms with Crippen molar-refractivity contribution in [2.24, 2.45) is 5.92 Å². The van der Waals surface area contributed by atoms with Gasteiger partial charge in [0, 0.05) is 0 Å². The van der Waals surface area contributed by atoms with Crippen molar-refractivity contribution in [2.75, 3.05) is 20.0 Å². The minimum absolute atomic E-state index is 0.129. The second kappa shape index (κ2) is 9.61. The number of benzene rings is 2. The highest BCUT2D eigenvalue weighted by Crippen LogP contribution is 2.28. The Morgan fingerprint density at radius 1 is 0.742 bits per heavy atom. The van der Waals surface area contributed by atoms with Crippen LogP contribution in [0.25, 0.3) is 0 Å². The fourth-order valence-corrected chi connectivity index (χ4v) is 7.05.